The van der Waals surface area contributed by atoms with Gasteiger partial charge < -0.3 is 14.8 Å². The van der Waals surface area contributed by atoms with Crippen LogP contribution in [0, 0.1) is 11.8 Å². The van der Waals surface area contributed by atoms with Crippen molar-refractivity contribution in [3.05, 3.63) is 35.9 Å². The van der Waals surface area contributed by atoms with Gasteiger partial charge in [-0.2, -0.15) is 4.58 Å². The van der Waals surface area contributed by atoms with E-state index in [0.717, 1.165) is 6.29 Å². The van der Waals surface area contributed by atoms with Gasteiger partial charge in [0, 0.05) is 17.4 Å². The first kappa shape index (κ1) is 23.5. The molecule has 1 aromatic carbocycles. The zero-order chi connectivity index (χ0) is 20.8. The Morgan fingerprint density at radius 3 is 2.30 bits per heavy atom. The number of carbonyl (C=O) groups is 1. The van der Waals surface area contributed by atoms with Crippen LogP contribution >= 0.6 is 0 Å². The normalized spacial score (nSPS) is 17.5. The molecular formula is C21H34O5Si. The molecule has 0 radical (unpaired) electrons. The monoisotopic (exact) mass is 394 g/mol. The molecular weight excluding hydrogens is 360 g/mol. The Morgan fingerprint density at radius 1 is 1.26 bits per heavy atom. The number of rotatable bonds is 9. The van der Waals surface area contributed by atoms with Crippen LogP contribution in [0.2, 0.25) is 18.1 Å². The Kier molecular flexibility index (Phi) is 8.39. The summed E-state index contributed by atoms with van der Waals surface area (Å²) in [4.78, 5) is 13.0. The molecule has 0 spiro atoms. The number of aliphatic hydroxyl groups is 1. The second kappa shape index (κ2) is 9.62. The number of ketones is 1. The van der Waals surface area contributed by atoms with Crippen LogP contribution < -0.4 is 5.26 Å². The highest BCUT2D eigenvalue weighted by Crippen LogP contribution is 2.40. The summed E-state index contributed by atoms with van der Waals surface area (Å²) < 4.78 is 10.3. The minimum Gasteiger partial charge on any atom is -0.463 e. The molecule has 6 heteroatoms. The zero-order valence-corrected chi connectivity index (χ0v) is 18.6. The van der Waals surface area contributed by atoms with E-state index in [1.54, 1.807) is 12.1 Å². The topological polar surface area (TPSA) is 80.9 Å². The van der Waals surface area contributed by atoms with Crippen LogP contribution in [0.25, 0.3) is 0 Å². The summed E-state index contributed by atoms with van der Waals surface area (Å²) in [5.41, 5.74) is 0.630. The molecule has 1 N–H and O–H groups in total. The fraction of sp³-hybridized carbons (Fsp3) is 0.619. The van der Waals surface area contributed by atoms with Crippen molar-refractivity contribution < 1.29 is 24.2 Å². The molecule has 0 aromatic heterocycles. The smallest absolute Gasteiger partial charge is 0.320 e. The van der Waals surface area contributed by atoms with Gasteiger partial charge >= 0.3 is 6.29 Å². The third-order valence-corrected chi connectivity index (χ3v) is 10.2. The van der Waals surface area contributed by atoms with Crippen LogP contribution in [0.5, 0.6) is 0 Å². The average molecular weight is 395 g/mol. The molecule has 0 heterocycles. The average Bonchev–Trinajstić information content (AvgIpc) is 2.62. The van der Waals surface area contributed by atoms with Crippen molar-refractivity contribution in [1.29, 1.82) is 0 Å². The predicted octanol–water partition coefficient (Wildman–Crippen LogP) is 3.29. The van der Waals surface area contributed by atoms with Crippen molar-refractivity contribution in [2.75, 3.05) is 0 Å². The molecule has 0 aliphatic carbocycles. The summed E-state index contributed by atoms with van der Waals surface area (Å²) >= 11 is 0. The number of aliphatic hydroxyl groups excluding tert-OH is 1. The quantitative estimate of drug-likeness (QED) is 0.174. The van der Waals surface area contributed by atoms with Crippen LogP contribution in [0.3, 0.4) is 0 Å². The molecule has 0 saturated heterocycles. The largest absolute Gasteiger partial charge is 0.463 e. The lowest BCUT2D eigenvalue weighted by Gasteiger charge is -2.43. The van der Waals surface area contributed by atoms with E-state index in [-0.39, 0.29) is 23.2 Å². The van der Waals surface area contributed by atoms with Gasteiger partial charge in [-0.05, 0) is 18.1 Å². The Morgan fingerprint density at radius 2 is 1.81 bits per heavy atom. The highest BCUT2D eigenvalue weighted by molar-refractivity contribution is 6.74. The van der Waals surface area contributed by atoms with Gasteiger partial charge in [0.15, 0.2) is 14.1 Å². The Balaban J connectivity index is 3.18. The lowest BCUT2D eigenvalue weighted by atomic mass is 9.84. The first-order chi connectivity index (χ1) is 12.4. The second-order valence-electron chi connectivity index (χ2n) is 8.79. The van der Waals surface area contributed by atoms with Gasteiger partial charge in [0.25, 0.3) is 0 Å². The summed E-state index contributed by atoms with van der Waals surface area (Å²) in [6.45, 7) is 14.4. The van der Waals surface area contributed by atoms with E-state index in [1.807, 2.05) is 32.0 Å². The van der Waals surface area contributed by atoms with Crippen molar-refractivity contribution in [3.8, 4) is 0 Å². The number of aldehydes is 1. The lowest BCUT2D eigenvalue weighted by molar-refractivity contribution is -1.04. The molecule has 27 heavy (non-hydrogen) atoms. The Bertz CT molecular complexity index is 621. The third kappa shape index (κ3) is 6.26. The highest BCUT2D eigenvalue weighted by atomic mass is 28.4. The minimum absolute atomic E-state index is 0.0117. The first-order valence-electron chi connectivity index (χ1n) is 9.48. The summed E-state index contributed by atoms with van der Waals surface area (Å²) in [7, 11) is -2.18. The van der Waals surface area contributed by atoms with Crippen LogP contribution in [-0.2, 0) is 9.00 Å². The van der Waals surface area contributed by atoms with Gasteiger partial charge in [-0.1, -0.05) is 65.0 Å². The molecule has 0 unspecified atom stereocenters. The number of hydrogen-bond acceptors (Lipinski definition) is 4. The zero-order valence-electron chi connectivity index (χ0n) is 17.6. The molecule has 1 rings (SSSR count). The molecule has 5 nitrogen and oxygen atoms in total. The van der Waals surface area contributed by atoms with E-state index >= 15 is 0 Å². The van der Waals surface area contributed by atoms with Gasteiger partial charge in [0.05, 0.1) is 18.6 Å². The number of hydrogen-bond donors (Lipinski definition) is 1. The Hall–Kier alpha value is -1.50. The van der Waals surface area contributed by atoms with Gasteiger partial charge in [-0.15, -0.1) is 0 Å². The van der Waals surface area contributed by atoms with Crippen molar-refractivity contribution in [2.45, 2.75) is 71.4 Å². The van der Waals surface area contributed by atoms with E-state index in [2.05, 4.69) is 38.4 Å². The molecule has 0 bridgehead atoms. The van der Waals surface area contributed by atoms with E-state index in [9.17, 15) is 15.2 Å². The molecule has 152 valence electrons. The van der Waals surface area contributed by atoms with Gasteiger partial charge in [-0.25, -0.2) is 0 Å². The minimum atomic E-state index is -2.18. The van der Waals surface area contributed by atoms with E-state index in [0.29, 0.717) is 5.56 Å². The van der Waals surface area contributed by atoms with Crippen LogP contribution in [0.15, 0.2) is 30.3 Å². The third-order valence-electron chi connectivity index (χ3n) is 5.73. The maximum absolute atomic E-state index is 13.0. The summed E-state index contributed by atoms with van der Waals surface area (Å²) in [6.07, 6.45) is -0.170. The fourth-order valence-corrected chi connectivity index (χ4v) is 4.22. The summed E-state index contributed by atoms with van der Waals surface area (Å²) in [6, 6.07) is 9.13. The highest BCUT2D eigenvalue weighted by Gasteiger charge is 2.43. The van der Waals surface area contributed by atoms with Crippen LogP contribution in [0.1, 0.15) is 51.4 Å². The van der Waals surface area contributed by atoms with Crippen LogP contribution in [0.4, 0.5) is 0 Å². The maximum Gasteiger partial charge on any atom is 0.320 e. The number of carbonyl (C=O) groups excluding carboxylic acids is 2. The number of Topliss-reactive ketones (excluding diaryl/α,β-unsaturated/α-hetero) is 1. The van der Waals surface area contributed by atoms with E-state index < -0.39 is 26.4 Å². The lowest BCUT2D eigenvalue weighted by Crippen LogP contribution is -2.50. The molecule has 0 saturated carbocycles. The van der Waals surface area contributed by atoms with E-state index in [4.69, 9.17) is 4.43 Å². The SMILES string of the molecule is C[C@@H]([C@H](O[Si](C)(C)C(C)(C)C)[C@H](C)C(=O)c1ccccc1)[C@H](O)CC=[O+][O-]. The molecule has 0 fully saturated rings. The van der Waals surface area contributed by atoms with Gasteiger partial charge in [-0.3, -0.25) is 4.79 Å². The molecule has 0 amide bonds. The van der Waals surface area contributed by atoms with Crippen molar-refractivity contribution >= 4 is 20.4 Å². The second-order valence-corrected chi connectivity index (χ2v) is 13.5. The van der Waals surface area contributed by atoms with E-state index in [1.165, 1.54) is 0 Å². The van der Waals surface area contributed by atoms with Gasteiger partial charge in [0.2, 0.25) is 0 Å². The molecule has 4 atom stereocenters. The number of benzene rings is 1. The molecule has 1 aromatic rings. The van der Waals surface area contributed by atoms with Gasteiger partial charge in [0.1, 0.15) is 0 Å². The fourth-order valence-electron chi connectivity index (χ4n) is 2.77. The standard InChI is InChI=1S/C21H34O5Si/c1-15(18(22)13-14-25-24)20(26-27(6,7)21(3,4)5)16(2)19(23)17-11-9-8-10-12-17/h8-12,14-16,18,20,22H,13H2,1-7H3/t15-,16-,18-,20+/m1/s1. The summed E-state index contributed by atoms with van der Waals surface area (Å²) in [5, 5.41) is 20.7. The van der Waals surface area contributed by atoms with Crippen molar-refractivity contribution in [3.63, 3.8) is 0 Å². The van der Waals surface area contributed by atoms with Crippen molar-refractivity contribution in [1.82, 2.24) is 0 Å². The molecule has 0 aliphatic heterocycles. The first-order valence-corrected chi connectivity index (χ1v) is 12.4. The molecule has 0 aliphatic rings. The van der Waals surface area contributed by atoms with Crippen LogP contribution in [-0.4, -0.2) is 37.7 Å². The summed E-state index contributed by atoms with van der Waals surface area (Å²) in [5.74, 6) is -0.782. The predicted molar refractivity (Wildman–Crippen MR) is 108 cm³/mol. The van der Waals surface area contributed by atoms with Crippen molar-refractivity contribution in [2.24, 2.45) is 11.8 Å². The maximum atomic E-state index is 13.0. The Labute approximate surface area is 164 Å².